The first kappa shape index (κ1) is 33.2. The number of carboxylic acids is 1. The third-order valence-corrected chi connectivity index (χ3v) is 9.17. The maximum Gasteiger partial charge on any atom is 0.490 e. The number of anilines is 2. The number of nitrogens with one attached hydrogen (secondary N) is 1. The van der Waals surface area contributed by atoms with E-state index < -0.39 is 12.1 Å². The van der Waals surface area contributed by atoms with Crippen molar-refractivity contribution in [3.8, 4) is 0 Å². The Balaban J connectivity index is 0.000000537. The second-order valence-electron chi connectivity index (χ2n) is 11.8. The number of amides is 1. The Bertz CT molecular complexity index is 1700. The predicted octanol–water partition coefficient (Wildman–Crippen LogP) is 5.77. The topological polar surface area (TPSA) is 88.0 Å². The molecule has 2 aromatic heterocycles. The van der Waals surface area contributed by atoms with Crippen LogP contribution in [0.2, 0.25) is 5.02 Å². The number of aromatic amines is 1. The van der Waals surface area contributed by atoms with Gasteiger partial charge < -0.3 is 29.4 Å². The minimum Gasteiger partial charge on any atom is -0.475 e. The van der Waals surface area contributed by atoms with E-state index >= 15 is 0 Å². The number of carboxylic acid groups (broad SMARTS) is 1. The molecule has 0 aliphatic carbocycles. The summed E-state index contributed by atoms with van der Waals surface area (Å²) in [6, 6.07) is 19.0. The van der Waals surface area contributed by atoms with Crippen LogP contribution in [0.3, 0.4) is 0 Å². The number of carbonyl (C=O) groups excluding carboxylic acids is 1. The maximum atomic E-state index is 13.8. The van der Waals surface area contributed by atoms with Crippen molar-refractivity contribution in [1.82, 2.24) is 19.4 Å². The van der Waals surface area contributed by atoms with E-state index in [4.69, 9.17) is 21.5 Å². The number of H-pyrrole nitrogens is 1. The lowest BCUT2D eigenvalue weighted by atomic mass is 10.1. The highest BCUT2D eigenvalue weighted by atomic mass is 35.5. The van der Waals surface area contributed by atoms with Crippen LogP contribution in [0.15, 0.2) is 60.8 Å². The van der Waals surface area contributed by atoms with Gasteiger partial charge in [-0.3, -0.25) is 9.69 Å². The highest BCUT2D eigenvalue weighted by Crippen LogP contribution is 2.28. The van der Waals surface area contributed by atoms with Crippen molar-refractivity contribution in [2.75, 3.05) is 55.6 Å². The summed E-state index contributed by atoms with van der Waals surface area (Å²) in [6.07, 6.45) is -3.11. The number of carbonyl (C=O) groups is 2. The van der Waals surface area contributed by atoms with Crippen molar-refractivity contribution >= 4 is 45.8 Å². The number of piperazine rings is 2. The number of para-hydroxylation sites is 1. The van der Waals surface area contributed by atoms with Gasteiger partial charge in [-0.25, -0.2) is 4.79 Å². The van der Waals surface area contributed by atoms with Crippen LogP contribution in [0.4, 0.5) is 24.5 Å². The first-order valence-corrected chi connectivity index (χ1v) is 15.5. The molecule has 0 bridgehead atoms. The zero-order valence-corrected chi connectivity index (χ0v) is 26.8. The number of aliphatic carboxylic acids is 1. The normalized spacial score (nSPS) is 17.6. The number of benzene rings is 2. The maximum absolute atomic E-state index is 13.8. The monoisotopic (exact) mass is 658 g/mol. The van der Waals surface area contributed by atoms with Crippen LogP contribution in [0.25, 0.3) is 10.9 Å². The van der Waals surface area contributed by atoms with Crippen LogP contribution in [0.1, 0.15) is 28.7 Å². The van der Waals surface area contributed by atoms with E-state index in [9.17, 15) is 18.0 Å². The van der Waals surface area contributed by atoms with E-state index in [1.165, 1.54) is 16.6 Å². The summed E-state index contributed by atoms with van der Waals surface area (Å²) < 4.78 is 33.8. The Morgan fingerprint density at radius 3 is 2.30 bits per heavy atom. The molecular formula is C33H38ClF3N6O3. The summed E-state index contributed by atoms with van der Waals surface area (Å²) >= 11 is 6.43. The summed E-state index contributed by atoms with van der Waals surface area (Å²) in [5.74, 6) is -2.63. The molecule has 4 aromatic rings. The van der Waals surface area contributed by atoms with E-state index in [1.807, 2.05) is 36.3 Å². The molecule has 2 N–H and O–H groups in total. The van der Waals surface area contributed by atoms with Gasteiger partial charge in [0, 0.05) is 88.5 Å². The molecule has 0 saturated carbocycles. The van der Waals surface area contributed by atoms with Gasteiger partial charge in [-0.1, -0.05) is 29.8 Å². The van der Waals surface area contributed by atoms with Crippen LogP contribution in [0.5, 0.6) is 0 Å². The van der Waals surface area contributed by atoms with Crippen molar-refractivity contribution < 1.29 is 27.9 Å². The van der Waals surface area contributed by atoms with Crippen molar-refractivity contribution in [1.29, 1.82) is 0 Å². The minimum absolute atomic E-state index is 0.127. The fraction of sp³-hybridized carbons (Fsp3) is 0.394. The molecular weight excluding hydrogens is 621 g/mol. The molecule has 2 aliphatic heterocycles. The first-order valence-electron chi connectivity index (χ1n) is 15.1. The number of aromatic nitrogens is 2. The van der Waals surface area contributed by atoms with E-state index in [1.54, 1.807) is 0 Å². The standard InChI is InChI=1S/C31H37ClN6O.C2HF3O2/c1-22-20-37(26-9-8-24-10-11-33-28(24)19-26)16-17-38(22)31(39)30-18-25(23(2)34(30)3)21-35-12-14-36(15-13-35)29-7-5-4-6-27(29)32;3-2(4,5)1(6)7/h4-11,18-19,22,33H,12-17,20-21H2,1-3H3;(H,6,7)/t22-;/m0./s1. The number of nitrogens with zero attached hydrogens (tertiary/aromatic N) is 5. The van der Waals surface area contributed by atoms with Gasteiger partial charge in [-0.15, -0.1) is 0 Å². The van der Waals surface area contributed by atoms with Gasteiger partial charge >= 0.3 is 12.1 Å². The van der Waals surface area contributed by atoms with Crippen molar-refractivity contribution in [2.45, 2.75) is 32.6 Å². The van der Waals surface area contributed by atoms with E-state index in [0.29, 0.717) is 6.54 Å². The Morgan fingerprint density at radius 2 is 1.65 bits per heavy atom. The molecule has 2 aliphatic rings. The molecule has 46 heavy (non-hydrogen) atoms. The molecule has 0 unspecified atom stereocenters. The van der Waals surface area contributed by atoms with Crippen molar-refractivity contribution in [2.24, 2.45) is 7.05 Å². The molecule has 0 spiro atoms. The lowest BCUT2D eigenvalue weighted by Gasteiger charge is -2.41. The average molecular weight is 659 g/mol. The average Bonchev–Trinajstić information content (AvgIpc) is 3.61. The molecule has 9 nitrogen and oxygen atoms in total. The molecule has 1 atom stereocenters. The number of rotatable bonds is 5. The fourth-order valence-corrected chi connectivity index (χ4v) is 6.35. The third-order valence-electron chi connectivity index (χ3n) is 8.85. The van der Waals surface area contributed by atoms with Crippen molar-refractivity contribution in [3.63, 3.8) is 0 Å². The number of fused-ring (bicyclic) bond motifs is 1. The zero-order chi connectivity index (χ0) is 33.2. The molecule has 2 aromatic carbocycles. The van der Waals surface area contributed by atoms with Gasteiger partial charge in [-0.05, 0) is 61.2 Å². The smallest absolute Gasteiger partial charge is 0.475 e. The van der Waals surface area contributed by atoms with Gasteiger partial charge in [0.2, 0.25) is 0 Å². The van der Waals surface area contributed by atoms with E-state index in [0.717, 1.165) is 73.4 Å². The Morgan fingerprint density at radius 1 is 0.978 bits per heavy atom. The SMILES string of the molecule is Cc1c(CN2CCN(c3ccccc3Cl)CC2)cc(C(=O)N2CCN(c3ccc4cc[nH]c4c3)C[C@@H]2C)n1C.O=C(O)C(F)(F)F. The second kappa shape index (κ2) is 13.7. The summed E-state index contributed by atoms with van der Waals surface area (Å²) in [5.41, 5.74) is 6.65. The number of hydrogen-bond donors (Lipinski definition) is 2. The molecule has 0 radical (unpaired) electrons. The molecule has 4 heterocycles. The first-order chi connectivity index (χ1) is 21.8. The van der Waals surface area contributed by atoms with Crippen LogP contribution in [0, 0.1) is 6.92 Å². The van der Waals surface area contributed by atoms with Crippen LogP contribution >= 0.6 is 11.6 Å². The minimum atomic E-state index is -5.08. The van der Waals surface area contributed by atoms with Gasteiger partial charge in [0.1, 0.15) is 5.69 Å². The quantitative estimate of drug-likeness (QED) is 0.283. The van der Waals surface area contributed by atoms with Gasteiger partial charge in [0.05, 0.1) is 10.7 Å². The number of alkyl halides is 3. The summed E-state index contributed by atoms with van der Waals surface area (Å²) in [4.78, 5) is 35.2. The lowest BCUT2D eigenvalue weighted by Crippen LogP contribution is -2.54. The molecule has 6 rings (SSSR count). The van der Waals surface area contributed by atoms with E-state index in [2.05, 4.69) is 74.5 Å². The van der Waals surface area contributed by atoms with Crippen molar-refractivity contribution in [3.05, 3.63) is 82.8 Å². The van der Waals surface area contributed by atoms with E-state index in [-0.39, 0.29) is 11.9 Å². The zero-order valence-electron chi connectivity index (χ0n) is 26.0. The van der Waals surface area contributed by atoms with Gasteiger partial charge in [0.15, 0.2) is 0 Å². The lowest BCUT2D eigenvalue weighted by molar-refractivity contribution is -0.192. The molecule has 2 fully saturated rings. The van der Waals surface area contributed by atoms with Crippen LogP contribution in [-0.4, -0.2) is 94.4 Å². The number of hydrogen-bond acceptors (Lipinski definition) is 5. The van der Waals surface area contributed by atoms with Gasteiger partial charge in [0.25, 0.3) is 5.91 Å². The van der Waals surface area contributed by atoms with Crippen LogP contribution < -0.4 is 9.80 Å². The second-order valence-corrected chi connectivity index (χ2v) is 12.2. The fourth-order valence-electron chi connectivity index (χ4n) is 6.10. The van der Waals surface area contributed by atoms with Gasteiger partial charge in [-0.2, -0.15) is 13.2 Å². The molecule has 1 amide bonds. The highest BCUT2D eigenvalue weighted by Gasteiger charge is 2.38. The largest absolute Gasteiger partial charge is 0.490 e. The summed E-state index contributed by atoms with van der Waals surface area (Å²) in [5, 5.41) is 9.16. The Hall–Kier alpha value is -4.16. The summed E-state index contributed by atoms with van der Waals surface area (Å²) in [6.45, 7) is 11.3. The molecule has 246 valence electrons. The van der Waals surface area contributed by atoms with Crippen LogP contribution in [-0.2, 0) is 18.4 Å². The predicted molar refractivity (Wildman–Crippen MR) is 174 cm³/mol. The number of halogens is 4. The summed E-state index contributed by atoms with van der Waals surface area (Å²) in [7, 11) is 2.02. The Kier molecular flexibility index (Phi) is 9.88. The third kappa shape index (κ3) is 7.28. The molecule has 2 saturated heterocycles. The Labute approximate surface area is 270 Å². The highest BCUT2D eigenvalue weighted by molar-refractivity contribution is 6.33. The molecule has 13 heteroatoms.